The van der Waals surface area contributed by atoms with Crippen LogP contribution >= 0.6 is 0 Å². The standard InChI is InChI=1S/C18H20N2/c1-13-3-6-15(7-4-13)16-9-10-18(20-11-16)17-8-5-14(2)19-12-17/h3-12,14,18-20H,1-2H3. The van der Waals surface area contributed by atoms with E-state index >= 15 is 0 Å². The van der Waals surface area contributed by atoms with Gasteiger partial charge in [0.1, 0.15) is 0 Å². The predicted molar refractivity (Wildman–Crippen MR) is 85.0 cm³/mol. The van der Waals surface area contributed by atoms with E-state index < -0.39 is 0 Å². The van der Waals surface area contributed by atoms with Gasteiger partial charge in [0.15, 0.2) is 0 Å². The lowest BCUT2D eigenvalue weighted by molar-refractivity contribution is 0.720. The second-order valence-corrected chi connectivity index (χ2v) is 5.43. The van der Waals surface area contributed by atoms with Gasteiger partial charge in [-0.1, -0.05) is 54.1 Å². The van der Waals surface area contributed by atoms with Gasteiger partial charge in [-0.2, -0.15) is 0 Å². The molecule has 2 aliphatic rings. The van der Waals surface area contributed by atoms with Crippen LogP contribution in [0.1, 0.15) is 18.1 Å². The molecule has 1 aromatic rings. The minimum Gasteiger partial charge on any atom is -0.385 e. The molecule has 1 aromatic carbocycles. The van der Waals surface area contributed by atoms with Crippen molar-refractivity contribution in [3.63, 3.8) is 0 Å². The Morgan fingerprint density at radius 2 is 1.70 bits per heavy atom. The molecule has 2 atom stereocenters. The molecule has 0 amide bonds. The van der Waals surface area contributed by atoms with Crippen molar-refractivity contribution in [3.8, 4) is 0 Å². The summed E-state index contributed by atoms with van der Waals surface area (Å²) in [4.78, 5) is 0. The number of rotatable bonds is 2. The van der Waals surface area contributed by atoms with Gasteiger partial charge in [-0.3, -0.25) is 0 Å². The second kappa shape index (κ2) is 5.41. The van der Waals surface area contributed by atoms with E-state index in [2.05, 4.69) is 85.5 Å². The topological polar surface area (TPSA) is 24.1 Å². The Balaban J connectivity index is 1.71. The van der Waals surface area contributed by atoms with Crippen molar-refractivity contribution in [1.29, 1.82) is 0 Å². The summed E-state index contributed by atoms with van der Waals surface area (Å²) >= 11 is 0. The summed E-state index contributed by atoms with van der Waals surface area (Å²) in [5, 5.41) is 6.79. The molecule has 2 heteroatoms. The van der Waals surface area contributed by atoms with E-state index in [1.807, 2.05) is 0 Å². The molecule has 0 aliphatic carbocycles. The Kier molecular flexibility index (Phi) is 3.46. The maximum atomic E-state index is 3.46. The molecule has 0 bridgehead atoms. The third-order valence-corrected chi connectivity index (χ3v) is 3.72. The van der Waals surface area contributed by atoms with Crippen molar-refractivity contribution < 1.29 is 0 Å². The smallest absolute Gasteiger partial charge is 0.0710 e. The number of allylic oxidation sites excluding steroid dienone is 2. The maximum Gasteiger partial charge on any atom is 0.0710 e. The van der Waals surface area contributed by atoms with Gasteiger partial charge in [-0.05, 0) is 30.6 Å². The maximum absolute atomic E-state index is 3.46. The van der Waals surface area contributed by atoms with Crippen LogP contribution in [0.15, 0.2) is 66.5 Å². The van der Waals surface area contributed by atoms with Crippen LogP contribution in [0.4, 0.5) is 0 Å². The van der Waals surface area contributed by atoms with Gasteiger partial charge in [0.05, 0.1) is 6.04 Å². The third kappa shape index (κ3) is 2.69. The zero-order valence-electron chi connectivity index (χ0n) is 11.9. The predicted octanol–water partition coefficient (Wildman–Crippen LogP) is 3.30. The van der Waals surface area contributed by atoms with E-state index in [1.165, 1.54) is 22.3 Å². The highest BCUT2D eigenvalue weighted by atomic mass is 14.9. The van der Waals surface area contributed by atoms with Crippen LogP contribution in [0.3, 0.4) is 0 Å². The van der Waals surface area contributed by atoms with E-state index in [0.717, 1.165) is 0 Å². The normalized spacial score (nSPS) is 24.5. The van der Waals surface area contributed by atoms with Crippen LogP contribution in [0.2, 0.25) is 0 Å². The third-order valence-electron chi connectivity index (χ3n) is 3.72. The first kappa shape index (κ1) is 12.8. The first-order valence-corrected chi connectivity index (χ1v) is 7.08. The Morgan fingerprint density at radius 1 is 0.900 bits per heavy atom. The molecule has 0 aromatic heterocycles. The summed E-state index contributed by atoms with van der Waals surface area (Å²) in [7, 11) is 0. The highest BCUT2D eigenvalue weighted by Gasteiger charge is 2.14. The number of aryl methyl sites for hydroxylation is 1. The van der Waals surface area contributed by atoms with Gasteiger partial charge in [-0.25, -0.2) is 0 Å². The first-order valence-electron chi connectivity index (χ1n) is 7.08. The van der Waals surface area contributed by atoms with Gasteiger partial charge in [0.2, 0.25) is 0 Å². The van der Waals surface area contributed by atoms with Crippen LogP contribution in [0, 0.1) is 6.92 Å². The highest BCUT2D eigenvalue weighted by Crippen LogP contribution is 2.21. The summed E-state index contributed by atoms with van der Waals surface area (Å²) in [6.07, 6.45) is 13.0. The Hall–Kier alpha value is -2.22. The molecule has 0 saturated heterocycles. The van der Waals surface area contributed by atoms with Gasteiger partial charge in [0, 0.05) is 18.4 Å². The lowest BCUT2D eigenvalue weighted by Gasteiger charge is -2.23. The molecule has 3 rings (SSSR count). The van der Waals surface area contributed by atoms with Crippen molar-refractivity contribution in [3.05, 3.63) is 77.7 Å². The molecule has 102 valence electrons. The fourth-order valence-corrected chi connectivity index (χ4v) is 2.40. The molecular weight excluding hydrogens is 244 g/mol. The summed E-state index contributed by atoms with van der Waals surface area (Å²) < 4.78 is 0. The Morgan fingerprint density at radius 3 is 2.30 bits per heavy atom. The molecule has 2 N–H and O–H groups in total. The number of hydrogen-bond donors (Lipinski definition) is 2. The minimum atomic E-state index is 0.250. The van der Waals surface area contributed by atoms with E-state index in [9.17, 15) is 0 Å². The lowest BCUT2D eigenvalue weighted by Crippen LogP contribution is -2.30. The SMILES string of the molecule is Cc1ccc(C2=CNC(C3=CNC(C)C=C3)C=C2)cc1. The quantitative estimate of drug-likeness (QED) is 0.856. The van der Waals surface area contributed by atoms with Crippen molar-refractivity contribution in [1.82, 2.24) is 10.6 Å². The van der Waals surface area contributed by atoms with E-state index in [-0.39, 0.29) is 6.04 Å². The van der Waals surface area contributed by atoms with Crippen LogP contribution in [-0.2, 0) is 0 Å². The summed E-state index contributed by atoms with van der Waals surface area (Å²) in [5.41, 5.74) is 5.02. The summed E-state index contributed by atoms with van der Waals surface area (Å²) in [6, 6.07) is 9.29. The molecular formula is C18H20N2. The number of benzene rings is 1. The number of dihydropyridines is 2. The zero-order valence-corrected chi connectivity index (χ0v) is 11.9. The van der Waals surface area contributed by atoms with Crippen molar-refractivity contribution in [2.45, 2.75) is 25.9 Å². The fraction of sp³-hybridized carbons (Fsp3) is 0.222. The summed E-state index contributed by atoms with van der Waals surface area (Å²) in [6.45, 7) is 4.25. The van der Waals surface area contributed by atoms with E-state index in [0.29, 0.717) is 6.04 Å². The number of nitrogens with one attached hydrogen (secondary N) is 2. The van der Waals surface area contributed by atoms with Crippen molar-refractivity contribution >= 4 is 5.57 Å². The van der Waals surface area contributed by atoms with Crippen molar-refractivity contribution in [2.75, 3.05) is 0 Å². The van der Waals surface area contributed by atoms with Crippen molar-refractivity contribution in [2.24, 2.45) is 0 Å². The van der Waals surface area contributed by atoms with E-state index in [1.54, 1.807) is 0 Å². The highest BCUT2D eigenvalue weighted by molar-refractivity contribution is 5.75. The van der Waals surface area contributed by atoms with Gasteiger partial charge in [-0.15, -0.1) is 0 Å². The van der Waals surface area contributed by atoms with Gasteiger partial charge < -0.3 is 10.6 Å². The molecule has 0 spiro atoms. The van der Waals surface area contributed by atoms with Crippen LogP contribution in [-0.4, -0.2) is 12.1 Å². The molecule has 2 nitrogen and oxygen atoms in total. The molecule has 0 saturated carbocycles. The Labute approximate surface area is 120 Å². The second-order valence-electron chi connectivity index (χ2n) is 5.43. The molecule has 2 unspecified atom stereocenters. The number of hydrogen-bond acceptors (Lipinski definition) is 2. The molecule has 0 fully saturated rings. The lowest BCUT2D eigenvalue weighted by atomic mass is 9.98. The first-order chi connectivity index (χ1) is 9.72. The van der Waals surface area contributed by atoms with Crippen LogP contribution in [0.25, 0.3) is 5.57 Å². The van der Waals surface area contributed by atoms with Crippen LogP contribution in [0.5, 0.6) is 0 Å². The van der Waals surface area contributed by atoms with Gasteiger partial charge >= 0.3 is 0 Å². The minimum absolute atomic E-state index is 0.250. The average molecular weight is 264 g/mol. The van der Waals surface area contributed by atoms with E-state index in [4.69, 9.17) is 0 Å². The molecule has 2 heterocycles. The summed E-state index contributed by atoms with van der Waals surface area (Å²) in [5.74, 6) is 0. The zero-order chi connectivity index (χ0) is 13.9. The molecule has 20 heavy (non-hydrogen) atoms. The van der Waals surface area contributed by atoms with Crippen LogP contribution < -0.4 is 10.6 Å². The fourth-order valence-electron chi connectivity index (χ4n) is 2.40. The van der Waals surface area contributed by atoms with Gasteiger partial charge in [0.25, 0.3) is 0 Å². The molecule has 2 aliphatic heterocycles. The monoisotopic (exact) mass is 264 g/mol. The largest absolute Gasteiger partial charge is 0.385 e. The molecule has 0 radical (unpaired) electrons. The Bertz CT molecular complexity index is 603. The average Bonchev–Trinajstić information content (AvgIpc) is 2.49.